The molecule has 1 aliphatic carbocycles. The van der Waals surface area contributed by atoms with Crippen LogP contribution in [0.2, 0.25) is 0 Å². The molecule has 1 aliphatic rings. The molecule has 5 heteroatoms. The first kappa shape index (κ1) is 10.6. The summed E-state index contributed by atoms with van der Waals surface area (Å²) < 4.78 is 0. The van der Waals surface area contributed by atoms with Crippen LogP contribution in [0.5, 0.6) is 0 Å². The molecule has 1 aromatic rings. The van der Waals surface area contributed by atoms with Crippen LogP contribution in [0.3, 0.4) is 0 Å². The first-order valence-corrected chi connectivity index (χ1v) is 4.87. The molecule has 0 spiro atoms. The molecule has 0 saturated carbocycles. The third kappa shape index (κ3) is 1.37. The van der Waals surface area contributed by atoms with E-state index in [-0.39, 0.29) is 5.56 Å². The smallest absolute Gasteiger partial charge is 0.161 e. The van der Waals surface area contributed by atoms with Gasteiger partial charge < -0.3 is 25.5 Å². The molecule has 0 radical (unpaired) electrons. The van der Waals surface area contributed by atoms with E-state index in [2.05, 4.69) is 5.73 Å². The fraction of sp³-hybridized carbons (Fsp3) is 0.273. The highest BCUT2D eigenvalue weighted by Gasteiger charge is 2.40. The molecule has 0 bridgehead atoms. The van der Waals surface area contributed by atoms with Gasteiger partial charge in [0.1, 0.15) is 5.97 Å². The Morgan fingerprint density at radius 3 is 2.56 bits per heavy atom. The fourth-order valence-electron chi connectivity index (χ4n) is 2.09. The summed E-state index contributed by atoms with van der Waals surface area (Å²) in [5, 5.41) is 21.6. The number of carbonyl (C=O) groups excluding carboxylic acids is 2. The minimum Gasteiger partial charge on any atom is -0.545 e. The van der Waals surface area contributed by atoms with Crippen LogP contribution in [-0.2, 0) is 16.8 Å². The van der Waals surface area contributed by atoms with Gasteiger partial charge in [0, 0.05) is 12.0 Å². The monoisotopic (exact) mass is 220 g/mol. The van der Waals surface area contributed by atoms with Gasteiger partial charge in [-0.3, -0.25) is 0 Å². The number of hydrogen-bond donors (Lipinski definition) is 1. The maximum Gasteiger partial charge on any atom is 0.161 e. The predicted octanol–water partition coefficient (Wildman–Crippen LogP) is -2.82. The molecule has 1 aromatic carbocycles. The Balaban J connectivity index is 2.51. The van der Waals surface area contributed by atoms with Crippen molar-refractivity contribution in [2.75, 3.05) is 0 Å². The Hall–Kier alpha value is -1.88. The lowest BCUT2D eigenvalue weighted by atomic mass is 9.92. The van der Waals surface area contributed by atoms with E-state index in [1.807, 2.05) is 0 Å². The summed E-state index contributed by atoms with van der Waals surface area (Å²) in [5.74, 6) is -2.50. The average Bonchev–Trinajstić information content (AvgIpc) is 2.57. The second-order valence-corrected chi connectivity index (χ2v) is 4.03. The van der Waals surface area contributed by atoms with Gasteiger partial charge in [-0.2, -0.15) is 0 Å². The number of fused-ring (bicyclic) bond motifs is 1. The number of carboxylic acids is 2. The zero-order valence-electron chi connectivity index (χ0n) is 8.49. The van der Waals surface area contributed by atoms with Gasteiger partial charge in [-0.1, -0.05) is 12.1 Å². The number of aliphatic carboxylic acids is 1. The van der Waals surface area contributed by atoms with Crippen molar-refractivity contribution in [2.45, 2.75) is 18.4 Å². The third-order valence-electron chi connectivity index (χ3n) is 3.07. The van der Waals surface area contributed by atoms with Gasteiger partial charge in [0.25, 0.3) is 0 Å². The lowest BCUT2D eigenvalue weighted by molar-refractivity contribution is -0.494. The number of hydrogen-bond acceptors (Lipinski definition) is 4. The van der Waals surface area contributed by atoms with Gasteiger partial charge >= 0.3 is 0 Å². The number of aryl methyl sites for hydroxylation is 1. The Labute approximate surface area is 91.5 Å². The SMILES string of the molecule is [NH3+][C@@]1(C(=O)[O-])CCc2cc(C(=O)[O-])ccc21. The second kappa shape index (κ2) is 3.31. The second-order valence-electron chi connectivity index (χ2n) is 4.03. The Morgan fingerprint density at radius 2 is 2.00 bits per heavy atom. The zero-order valence-corrected chi connectivity index (χ0v) is 8.49. The molecule has 5 nitrogen and oxygen atoms in total. The normalized spacial score (nSPS) is 22.8. The largest absolute Gasteiger partial charge is 0.545 e. The molecule has 0 fully saturated rings. The lowest BCUT2D eigenvalue weighted by Crippen LogP contribution is -2.75. The van der Waals surface area contributed by atoms with E-state index in [4.69, 9.17) is 0 Å². The highest BCUT2D eigenvalue weighted by Crippen LogP contribution is 2.33. The van der Waals surface area contributed by atoms with Gasteiger partial charge in [-0.15, -0.1) is 0 Å². The van der Waals surface area contributed by atoms with Crippen molar-refractivity contribution in [3.05, 3.63) is 34.9 Å². The molecule has 0 aromatic heterocycles. The summed E-state index contributed by atoms with van der Waals surface area (Å²) in [6, 6.07) is 4.26. The van der Waals surface area contributed by atoms with Gasteiger partial charge in [-0.25, -0.2) is 0 Å². The van der Waals surface area contributed by atoms with Crippen molar-refractivity contribution < 1.29 is 25.5 Å². The highest BCUT2D eigenvalue weighted by atomic mass is 16.4. The maximum absolute atomic E-state index is 11.0. The van der Waals surface area contributed by atoms with Crippen LogP contribution < -0.4 is 15.9 Å². The summed E-state index contributed by atoms with van der Waals surface area (Å²) in [4.78, 5) is 21.6. The van der Waals surface area contributed by atoms with Crippen LogP contribution in [0.25, 0.3) is 0 Å². The first-order valence-electron chi connectivity index (χ1n) is 4.87. The molecule has 2 rings (SSSR count). The number of quaternary nitrogens is 1. The third-order valence-corrected chi connectivity index (χ3v) is 3.07. The number of aromatic carboxylic acids is 1. The topological polar surface area (TPSA) is 108 Å². The van der Waals surface area contributed by atoms with Crippen LogP contribution in [-0.4, -0.2) is 11.9 Å². The molecule has 0 aliphatic heterocycles. The predicted molar refractivity (Wildman–Crippen MR) is 48.7 cm³/mol. The summed E-state index contributed by atoms with van der Waals surface area (Å²) in [6.07, 6.45) is 0.828. The summed E-state index contributed by atoms with van der Waals surface area (Å²) >= 11 is 0. The standard InChI is InChI=1S/C11H11NO4/c12-11(10(15)16)4-3-6-5-7(9(13)14)1-2-8(6)11/h1-2,5H,3-4,12H2,(H,13,14)(H,15,16)/p-1/t11-/m0/s1. The molecule has 1 atom stereocenters. The lowest BCUT2D eigenvalue weighted by Gasteiger charge is -2.22. The van der Waals surface area contributed by atoms with Gasteiger partial charge in [0.2, 0.25) is 0 Å². The number of benzene rings is 1. The van der Waals surface area contributed by atoms with Crippen molar-refractivity contribution in [3.8, 4) is 0 Å². The molecule has 0 amide bonds. The molecular weight excluding hydrogens is 210 g/mol. The minimum absolute atomic E-state index is 0.0568. The van der Waals surface area contributed by atoms with Crippen LogP contribution in [0.15, 0.2) is 18.2 Å². The van der Waals surface area contributed by atoms with Crippen molar-refractivity contribution >= 4 is 11.9 Å². The average molecular weight is 220 g/mol. The molecule has 0 heterocycles. The zero-order chi connectivity index (χ0) is 11.9. The Bertz CT molecular complexity index is 483. The highest BCUT2D eigenvalue weighted by molar-refractivity contribution is 5.87. The van der Waals surface area contributed by atoms with Crippen LogP contribution in [0.4, 0.5) is 0 Å². The van der Waals surface area contributed by atoms with E-state index in [1.54, 1.807) is 0 Å². The summed E-state index contributed by atoms with van der Waals surface area (Å²) in [5.41, 5.74) is 3.70. The molecule has 3 N–H and O–H groups in total. The minimum atomic E-state index is -1.27. The first-order chi connectivity index (χ1) is 7.45. The Morgan fingerprint density at radius 1 is 1.31 bits per heavy atom. The van der Waals surface area contributed by atoms with Crippen molar-refractivity contribution in [1.29, 1.82) is 0 Å². The quantitative estimate of drug-likeness (QED) is 0.580. The number of carboxylic acid groups (broad SMARTS) is 2. The van der Waals surface area contributed by atoms with Gasteiger partial charge in [0.15, 0.2) is 5.54 Å². The van der Waals surface area contributed by atoms with Crippen molar-refractivity contribution in [1.82, 2.24) is 0 Å². The van der Waals surface area contributed by atoms with E-state index in [9.17, 15) is 19.8 Å². The van der Waals surface area contributed by atoms with E-state index < -0.39 is 17.5 Å². The van der Waals surface area contributed by atoms with Gasteiger partial charge in [0.05, 0.1) is 5.97 Å². The molecule has 84 valence electrons. The van der Waals surface area contributed by atoms with Crippen molar-refractivity contribution in [3.63, 3.8) is 0 Å². The number of rotatable bonds is 2. The van der Waals surface area contributed by atoms with Crippen LogP contribution in [0, 0.1) is 0 Å². The van der Waals surface area contributed by atoms with Crippen molar-refractivity contribution in [2.24, 2.45) is 0 Å². The molecule has 0 saturated heterocycles. The van der Waals surface area contributed by atoms with Crippen LogP contribution >= 0.6 is 0 Å². The van der Waals surface area contributed by atoms with Crippen LogP contribution in [0.1, 0.15) is 27.9 Å². The Kier molecular flexibility index (Phi) is 2.20. The van der Waals surface area contributed by atoms with E-state index in [0.29, 0.717) is 24.0 Å². The van der Waals surface area contributed by atoms with Gasteiger partial charge in [-0.05, 0) is 23.6 Å². The number of carbonyl (C=O) groups is 2. The van der Waals surface area contributed by atoms with E-state index >= 15 is 0 Å². The maximum atomic E-state index is 11.0. The molecular formula is C11H10NO4-. The summed E-state index contributed by atoms with van der Waals surface area (Å²) in [7, 11) is 0. The van der Waals surface area contributed by atoms with E-state index in [0.717, 1.165) is 0 Å². The fourth-order valence-corrected chi connectivity index (χ4v) is 2.09. The van der Waals surface area contributed by atoms with E-state index in [1.165, 1.54) is 18.2 Å². The molecule has 16 heavy (non-hydrogen) atoms. The summed E-state index contributed by atoms with van der Waals surface area (Å²) in [6.45, 7) is 0. The molecule has 0 unspecified atom stereocenters.